The average molecular weight is 308 g/mol. The Labute approximate surface area is 133 Å². The average Bonchev–Trinajstić information content (AvgIpc) is 3.16. The normalized spacial score (nSPS) is 25.5. The molecule has 116 valence electrons. The molecule has 3 heterocycles. The van der Waals surface area contributed by atoms with Crippen molar-refractivity contribution in [1.82, 2.24) is 9.55 Å². The Kier molecular flexibility index (Phi) is 2.60. The van der Waals surface area contributed by atoms with Crippen molar-refractivity contribution < 1.29 is 14.2 Å². The highest BCUT2D eigenvalue weighted by atomic mass is 16.7. The molecule has 5 rings (SSSR count). The van der Waals surface area contributed by atoms with E-state index in [0.717, 1.165) is 34.7 Å². The second kappa shape index (κ2) is 4.57. The summed E-state index contributed by atoms with van der Waals surface area (Å²) in [6.07, 6.45) is 0.0437. The topological polar surface area (TPSA) is 45.5 Å². The minimum Gasteiger partial charge on any atom is -0.497 e. The lowest BCUT2D eigenvalue weighted by Gasteiger charge is -2.32. The fraction of sp³-hybridized carbons (Fsp3) is 0.278. The van der Waals surface area contributed by atoms with Crippen molar-refractivity contribution in [2.45, 2.75) is 18.4 Å². The van der Waals surface area contributed by atoms with Crippen LogP contribution >= 0.6 is 0 Å². The van der Waals surface area contributed by atoms with Crippen LogP contribution in [0.1, 0.15) is 11.4 Å². The van der Waals surface area contributed by atoms with Crippen molar-refractivity contribution in [3.05, 3.63) is 59.9 Å². The van der Waals surface area contributed by atoms with Crippen LogP contribution in [0, 0.1) is 0 Å². The van der Waals surface area contributed by atoms with Gasteiger partial charge in [0.05, 0.1) is 31.3 Å². The quantitative estimate of drug-likeness (QED) is 0.730. The summed E-state index contributed by atoms with van der Waals surface area (Å²) in [7, 11) is 1.66. The lowest BCUT2D eigenvalue weighted by molar-refractivity contribution is -0.162. The third-order valence-electron chi connectivity index (χ3n) is 4.59. The first-order valence-corrected chi connectivity index (χ1v) is 7.72. The summed E-state index contributed by atoms with van der Waals surface area (Å²) < 4.78 is 19.9. The minimum atomic E-state index is -0.906. The van der Waals surface area contributed by atoms with Gasteiger partial charge in [0.15, 0.2) is 5.82 Å². The van der Waals surface area contributed by atoms with Gasteiger partial charge in [-0.2, -0.15) is 0 Å². The molecular formula is C18H16N2O3. The van der Waals surface area contributed by atoms with E-state index >= 15 is 0 Å². The summed E-state index contributed by atoms with van der Waals surface area (Å²) in [4.78, 5) is 4.82. The molecule has 0 radical (unpaired) electrons. The number of imidazole rings is 1. The number of nitrogens with zero attached hydrogens (tertiary/aromatic N) is 2. The predicted octanol–water partition coefficient (Wildman–Crippen LogP) is 2.68. The predicted molar refractivity (Wildman–Crippen MR) is 84.3 cm³/mol. The van der Waals surface area contributed by atoms with Crippen molar-refractivity contribution in [3.63, 3.8) is 0 Å². The van der Waals surface area contributed by atoms with E-state index in [2.05, 4.69) is 4.57 Å². The summed E-state index contributed by atoms with van der Waals surface area (Å²) in [5.41, 5.74) is 2.96. The minimum absolute atomic E-state index is 0.0437. The zero-order chi connectivity index (χ0) is 15.4. The maximum absolute atomic E-state index is 6.25. The zero-order valence-electron chi connectivity index (χ0n) is 12.7. The van der Waals surface area contributed by atoms with Gasteiger partial charge in [-0.05, 0) is 12.1 Å². The SMILES string of the molecule is COc1ccc2c(c1)nc1n2CC2COC1(c1ccccc1)O2. The molecule has 1 fully saturated rings. The van der Waals surface area contributed by atoms with E-state index in [4.69, 9.17) is 19.2 Å². The summed E-state index contributed by atoms with van der Waals surface area (Å²) in [5, 5.41) is 0. The molecule has 2 aromatic carbocycles. The van der Waals surface area contributed by atoms with Gasteiger partial charge in [-0.25, -0.2) is 4.98 Å². The van der Waals surface area contributed by atoms with Crippen LogP contribution in [0.4, 0.5) is 0 Å². The van der Waals surface area contributed by atoms with Crippen LogP contribution < -0.4 is 4.74 Å². The van der Waals surface area contributed by atoms with E-state index in [1.807, 2.05) is 48.5 Å². The number of hydrogen-bond donors (Lipinski definition) is 0. The molecule has 2 atom stereocenters. The van der Waals surface area contributed by atoms with E-state index < -0.39 is 5.79 Å². The smallest absolute Gasteiger partial charge is 0.256 e. The Balaban J connectivity index is 1.78. The molecule has 23 heavy (non-hydrogen) atoms. The molecule has 5 heteroatoms. The van der Waals surface area contributed by atoms with Crippen molar-refractivity contribution in [3.8, 4) is 5.75 Å². The molecular weight excluding hydrogens is 292 g/mol. The number of aromatic nitrogens is 2. The van der Waals surface area contributed by atoms with Gasteiger partial charge in [-0.3, -0.25) is 0 Å². The highest BCUT2D eigenvalue weighted by molar-refractivity contribution is 5.78. The summed E-state index contributed by atoms with van der Waals surface area (Å²) in [6.45, 7) is 1.34. The Hall–Kier alpha value is -2.37. The second-order valence-electron chi connectivity index (χ2n) is 5.93. The number of methoxy groups -OCH3 is 1. The van der Waals surface area contributed by atoms with E-state index in [-0.39, 0.29) is 6.10 Å². The Morgan fingerprint density at radius 1 is 1.22 bits per heavy atom. The highest BCUT2D eigenvalue weighted by Crippen LogP contribution is 2.45. The van der Waals surface area contributed by atoms with E-state index in [0.29, 0.717) is 6.61 Å². The molecule has 0 saturated carbocycles. The first kappa shape index (κ1) is 13.1. The number of ether oxygens (including phenoxy) is 3. The Bertz CT molecular complexity index is 890. The monoisotopic (exact) mass is 308 g/mol. The number of hydrogen-bond acceptors (Lipinski definition) is 4. The third-order valence-corrected chi connectivity index (χ3v) is 4.59. The summed E-state index contributed by atoms with van der Waals surface area (Å²) in [6, 6.07) is 16.0. The molecule has 0 N–H and O–H groups in total. The Morgan fingerprint density at radius 3 is 2.91 bits per heavy atom. The molecule has 1 saturated heterocycles. The van der Waals surface area contributed by atoms with Crippen LogP contribution in [0.15, 0.2) is 48.5 Å². The van der Waals surface area contributed by atoms with Gasteiger partial charge < -0.3 is 18.8 Å². The van der Waals surface area contributed by atoms with E-state index in [1.54, 1.807) is 7.11 Å². The van der Waals surface area contributed by atoms with Crippen LogP contribution in [0.5, 0.6) is 5.75 Å². The van der Waals surface area contributed by atoms with Gasteiger partial charge in [-0.15, -0.1) is 0 Å². The van der Waals surface area contributed by atoms with E-state index in [1.165, 1.54) is 0 Å². The number of rotatable bonds is 2. The number of fused-ring (bicyclic) bond motifs is 6. The Morgan fingerprint density at radius 2 is 2.09 bits per heavy atom. The fourth-order valence-electron chi connectivity index (χ4n) is 3.53. The molecule has 1 aromatic heterocycles. The summed E-state index contributed by atoms with van der Waals surface area (Å²) >= 11 is 0. The molecule has 2 aliphatic rings. The molecule has 0 spiro atoms. The van der Waals surface area contributed by atoms with Crippen molar-refractivity contribution in [2.75, 3.05) is 13.7 Å². The van der Waals surface area contributed by atoms with Gasteiger partial charge in [0.1, 0.15) is 11.9 Å². The number of benzene rings is 2. The molecule has 2 aliphatic heterocycles. The van der Waals surface area contributed by atoms with Gasteiger partial charge in [0, 0.05) is 11.6 Å². The first-order valence-electron chi connectivity index (χ1n) is 7.72. The van der Waals surface area contributed by atoms with Crippen molar-refractivity contribution in [2.24, 2.45) is 0 Å². The lowest BCUT2D eigenvalue weighted by Crippen LogP contribution is -2.38. The largest absolute Gasteiger partial charge is 0.497 e. The maximum Gasteiger partial charge on any atom is 0.256 e. The van der Waals surface area contributed by atoms with Crippen LogP contribution in [0.2, 0.25) is 0 Å². The molecule has 2 unspecified atom stereocenters. The summed E-state index contributed by atoms with van der Waals surface area (Å²) in [5.74, 6) is 0.700. The molecule has 2 bridgehead atoms. The van der Waals surface area contributed by atoms with Crippen LogP contribution in [-0.4, -0.2) is 29.4 Å². The van der Waals surface area contributed by atoms with Crippen LogP contribution in [0.25, 0.3) is 11.0 Å². The first-order chi connectivity index (χ1) is 11.3. The van der Waals surface area contributed by atoms with Gasteiger partial charge in [0.2, 0.25) is 0 Å². The van der Waals surface area contributed by atoms with Crippen molar-refractivity contribution in [1.29, 1.82) is 0 Å². The fourth-order valence-corrected chi connectivity index (χ4v) is 3.53. The second-order valence-corrected chi connectivity index (χ2v) is 5.93. The molecule has 3 aromatic rings. The molecule has 0 aliphatic carbocycles. The van der Waals surface area contributed by atoms with Crippen LogP contribution in [0.3, 0.4) is 0 Å². The zero-order valence-corrected chi connectivity index (χ0v) is 12.7. The van der Waals surface area contributed by atoms with Gasteiger partial charge in [0.25, 0.3) is 5.79 Å². The van der Waals surface area contributed by atoms with Gasteiger partial charge >= 0.3 is 0 Å². The maximum atomic E-state index is 6.25. The highest BCUT2D eigenvalue weighted by Gasteiger charge is 2.52. The standard InChI is InChI=1S/C18H16N2O3/c1-21-13-7-8-16-15(9-13)19-17-18(12-5-3-2-4-6-12)22-11-14(23-18)10-20(16)17/h2-9,14H,10-11H2,1H3. The van der Waals surface area contributed by atoms with Crippen LogP contribution in [-0.2, 0) is 21.8 Å². The van der Waals surface area contributed by atoms with Gasteiger partial charge in [-0.1, -0.05) is 30.3 Å². The lowest BCUT2D eigenvalue weighted by atomic mass is 10.0. The third kappa shape index (κ3) is 1.72. The van der Waals surface area contributed by atoms with E-state index in [9.17, 15) is 0 Å². The molecule has 5 nitrogen and oxygen atoms in total. The molecule has 0 amide bonds. The van der Waals surface area contributed by atoms with Crippen molar-refractivity contribution >= 4 is 11.0 Å².